The van der Waals surface area contributed by atoms with Crippen LogP contribution in [0.25, 0.3) is 0 Å². The highest BCUT2D eigenvalue weighted by Crippen LogP contribution is 2.26. The molecule has 0 spiro atoms. The number of benzene rings is 1. The van der Waals surface area contributed by atoms with Gasteiger partial charge in [0.15, 0.2) is 5.76 Å². The molecule has 1 N–H and O–H groups in total. The molecule has 6 nitrogen and oxygen atoms in total. The number of carbonyl (C=O) groups is 2. The summed E-state index contributed by atoms with van der Waals surface area (Å²) < 4.78 is 11.0. The molecule has 1 saturated heterocycles. The Bertz CT molecular complexity index is 709. The topological polar surface area (TPSA) is 80.0 Å². The molecule has 1 aliphatic heterocycles. The number of hydrogen-bond donors (Lipinski definition) is 1. The number of amides is 1. The van der Waals surface area contributed by atoms with Crippen LogP contribution in [0.5, 0.6) is 0 Å². The SMILES string of the molecule is CC1CN(C(=O)c2ccc(C(=O)O)o2)CC(c2ccccc2)O1. The third-order valence-electron chi connectivity index (χ3n) is 3.75. The average Bonchev–Trinajstić information content (AvgIpc) is 3.04. The number of carboxylic acids is 1. The van der Waals surface area contributed by atoms with Gasteiger partial charge in [0.05, 0.1) is 12.6 Å². The highest BCUT2D eigenvalue weighted by atomic mass is 16.5. The summed E-state index contributed by atoms with van der Waals surface area (Å²) in [5.41, 5.74) is 1.00. The second kappa shape index (κ2) is 6.26. The van der Waals surface area contributed by atoms with Crippen molar-refractivity contribution < 1.29 is 23.8 Å². The third kappa shape index (κ3) is 3.27. The molecule has 2 unspecified atom stereocenters. The first kappa shape index (κ1) is 15.3. The molecule has 3 rings (SSSR count). The van der Waals surface area contributed by atoms with Gasteiger partial charge in [0, 0.05) is 6.54 Å². The number of hydrogen-bond acceptors (Lipinski definition) is 4. The van der Waals surface area contributed by atoms with Gasteiger partial charge in [-0.1, -0.05) is 30.3 Å². The van der Waals surface area contributed by atoms with Crippen molar-refractivity contribution in [3.05, 3.63) is 59.5 Å². The van der Waals surface area contributed by atoms with Crippen LogP contribution < -0.4 is 0 Å². The smallest absolute Gasteiger partial charge is 0.371 e. The Balaban J connectivity index is 1.78. The second-order valence-corrected chi connectivity index (χ2v) is 5.53. The number of ether oxygens (including phenoxy) is 1. The predicted octanol–water partition coefficient (Wildman–Crippen LogP) is 2.58. The summed E-state index contributed by atoms with van der Waals surface area (Å²) in [6.07, 6.45) is -0.329. The van der Waals surface area contributed by atoms with Crippen molar-refractivity contribution in [1.29, 1.82) is 0 Å². The summed E-state index contributed by atoms with van der Waals surface area (Å²) in [7, 11) is 0. The Labute approximate surface area is 133 Å². The van der Waals surface area contributed by atoms with Crippen molar-refractivity contribution >= 4 is 11.9 Å². The van der Waals surface area contributed by atoms with Gasteiger partial charge in [-0.05, 0) is 24.6 Å². The first-order chi connectivity index (χ1) is 11.0. The highest BCUT2D eigenvalue weighted by Gasteiger charge is 2.31. The molecule has 23 heavy (non-hydrogen) atoms. The van der Waals surface area contributed by atoms with Crippen molar-refractivity contribution in [2.24, 2.45) is 0 Å². The Morgan fingerprint density at radius 1 is 1.09 bits per heavy atom. The molecule has 2 heterocycles. The lowest BCUT2D eigenvalue weighted by atomic mass is 10.1. The Morgan fingerprint density at radius 2 is 1.78 bits per heavy atom. The molecule has 2 atom stereocenters. The summed E-state index contributed by atoms with van der Waals surface area (Å²) in [6, 6.07) is 12.4. The maximum atomic E-state index is 12.5. The van der Waals surface area contributed by atoms with Crippen molar-refractivity contribution in [1.82, 2.24) is 4.90 Å². The first-order valence-corrected chi connectivity index (χ1v) is 7.37. The van der Waals surface area contributed by atoms with Crippen LogP contribution in [-0.2, 0) is 4.74 Å². The minimum Gasteiger partial charge on any atom is -0.475 e. The Morgan fingerprint density at radius 3 is 2.43 bits per heavy atom. The van der Waals surface area contributed by atoms with Crippen molar-refractivity contribution in [2.45, 2.75) is 19.1 Å². The van der Waals surface area contributed by atoms with E-state index in [1.165, 1.54) is 12.1 Å². The van der Waals surface area contributed by atoms with E-state index in [9.17, 15) is 9.59 Å². The van der Waals surface area contributed by atoms with Crippen LogP contribution in [0.2, 0.25) is 0 Å². The van der Waals surface area contributed by atoms with Crippen molar-refractivity contribution in [3.63, 3.8) is 0 Å². The summed E-state index contributed by atoms with van der Waals surface area (Å²) in [4.78, 5) is 25.0. The molecule has 1 aromatic heterocycles. The van der Waals surface area contributed by atoms with E-state index < -0.39 is 5.97 Å². The second-order valence-electron chi connectivity index (χ2n) is 5.53. The zero-order valence-corrected chi connectivity index (χ0v) is 12.6. The number of nitrogens with zero attached hydrogens (tertiary/aromatic N) is 1. The summed E-state index contributed by atoms with van der Waals surface area (Å²) in [6.45, 7) is 2.74. The fourth-order valence-corrected chi connectivity index (χ4v) is 2.69. The molecule has 120 valence electrons. The minimum absolute atomic E-state index is 0.0308. The number of rotatable bonds is 3. The fraction of sp³-hybridized carbons (Fsp3) is 0.294. The molecule has 0 radical (unpaired) electrons. The van der Waals surface area contributed by atoms with E-state index in [0.717, 1.165) is 5.56 Å². The molecule has 6 heteroatoms. The van der Waals surface area contributed by atoms with Gasteiger partial charge in [-0.2, -0.15) is 0 Å². The lowest BCUT2D eigenvalue weighted by Crippen LogP contribution is -2.45. The van der Waals surface area contributed by atoms with E-state index in [4.69, 9.17) is 14.3 Å². The van der Waals surface area contributed by atoms with E-state index in [2.05, 4.69) is 0 Å². The van der Waals surface area contributed by atoms with Crippen LogP contribution in [0.4, 0.5) is 0 Å². The van der Waals surface area contributed by atoms with Gasteiger partial charge in [0.25, 0.3) is 5.91 Å². The average molecular weight is 315 g/mol. The number of carbonyl (C=O) groups excluding carboxylic acids is 1. The standard InChI is InChI=1S/C17H17NO5/c1-11-9-18(10-15(22-11)12-5-3-2-4-6-12)16(19)13-7-8-14(23-13)17(20)21/h2-8,11,15H,9-10H2,1H3,(H,20,21). The van der Waals surface area contributed by atoms with Gasteiger partial charge in [0.2, 0.25) is 5.76 Å². The molecule has 0 saturated carbocycles. The third-order valence-corrected chi connectivity index (χ3v) is 3.75. The van der Waals surface area contributed by atoms with Gasteiger partial charge in [0.1, 0.15) is 6.10 Å². The maximum absolute atomic E-state index is 12.5. The summed E-state index contributed by atoms with van der Waals surface area (Å²) in [5.74, 6) is -1.73. The normalized spacial score (nSPS) is 21.2. The lowest BCUT2D eigenvalue weighted by molar-refractivity contribution is -0.0697. The van der Waals surface area contributed by atoms with Gasteiger partial charge < -0.3 is 19.2 Å². The van der Waals surface area contributed by atoms with E-state index in [1.54, 1.807) is 4.90 Å². The predicted molar refractivity (Wildman–Crippen MR) is 81.3 cm³/mol. The van der Waals surface area contributed by atoms with E-state index in [-0.39, 0.29) is 29.6 Å². The number of furan rings is 1. The van der Waals surface area contributed by atoms with E-state index in [0.29, 0.717) is 13.1 Å². The molecule has 1 fully saturated rings. The van der Waals surface area contributed by atoms with Crippen molar-refractivity contribution in [3.8, 4) is 0 Å². The maximum Gasteiger partial charge on any atom is 0.371 e. The molecule has 2 aromatic rings. The summed E-state index contributed by atoms with van der Waals surface area (Å²) >= 11 is 0. The van der Waals surface area contributed by atoms with Crippen molar-refractivity contribution in [2.75, 3.05) is 13.1 Å². The van der Waals surface area contributed by atoms with Crippen LogP contribution in [0.15, 0.2) is 46.9 Å². The Hall–Kier alpha value is -2.60. The lowest BCUT2D eigenvalue weighted by Gasteiger charge is -2.36. The van der Waals surface area contributed by atoms with Gasteiger partial charge in [-0.3, -0.25) is 4.79 Å². The van der Waals surface area contributed by atoms with Crippen LogP contribution in [0, 0.1) is 0 Å². The molecule has 1 aromatic carbocycles. The van der Waals surface area contributed by atoms with Crippen LogP contribution in [0.3, 0.4) is 0 Å². The van der Waals surface area contributed by atoms with E-state index in [1.807, 2.05) is 37.3 Å². The molecule has 1 amide bonds. The molecule has 1 aliphatic rings. The van der Waals surface area contributed by atoms with Gasteiger partial charge >= 0.3 is 5.97 Å². The quantitative estimate of drug-likeness (QED) is 0.941. The number of carboxylic acid groups (broad SMARTS) is 1. The molecule has 0 bridgehead atoms. The van der Waals surface area contributed by atoms with E-state index >= 15 is 0 Å². The Kier molecular flexibility index (Phi) is 4.16. The zero-order chi connectivity index (χ0) is 16.4. The zero-order valence-electron chi connectivity index (χ0n) is 12.6. The molecular weight excluding hydrogens is 298 g/mol. The van der Waals surface area contributed by atoms with Crippen LogP contribution in [-0.4, -0.2) is 41.1 Å². The monoisotopic (exact) mass is 315 g/mol. The van der Waals surface area contributed by atoms with Crippen LogP contribution >= 0.6 is 0 Å². The van der Waals surface area contributed by atoms with Crippen LogP contribution in [0.1, 0.15) is 39.7 Å². The first-order valence-electron chi connectivity index (χ1n) is 7.37. The fourth-order valence-electron chi connectivity index (χ4n) is 2.69. The highest BCUT2D eigenvalue weighted by molar-refractivity contribution is 5.93. The van der Waals surface area contributed by atoms with Gasteiger partial charge in [-0.15, -0.1) is 0 Å². The number of morpholine rings is 1. The van der Waals surface area contributed by atoms with Gasteiger partial charge in [-0.25, -0.2) is 4.79 Å². The largest absolute Gasteiger partial charge is 0.475 e. The molecule has 0 aliphatic carbocycles. The molecular formula is C17H17NO5. The number of aromatic carboxylic acids is 1. The minimum atomic E-state index is -1.19. The summed E-state index contributed by atoms with van der Waals surface area (Å²) in [5, 5.41) is 8.88.